The predicted octanol–water partition coefficient (Wildman–Crippen LogP) is 2.97. The quantitative estimate of drug-likeness (QED) is 0.947. The molecule has 1 aromatic carbocycles. The maximum atomic E-state index is 5.68. The van der Waals surface area contributed by atoms with Gasteiger partial charge in [0.2, 0.25) is 0 Å². The molecule has 2 rings (SSSR count). The first-order valence-electron chi connectivity index (χ1n) is 6.03. The lowest BCUT2D eigenvalue weighted by atomic mass is 9.97. The highest BCUT2D eigenvalue weighted by Crippen LogP contribution is 2.32. The second-order valence-corrected chi connectivity index (χ2v) is 5.44. The largest absolute Gasteiger partial charge is 0.330 e. The van der Waals surface area contributed by atoms with Crippen molar-refractivity contribution >= 4 is 15.9 Å². The molecule has 0 unspecified atom stereocenters. The summed E-state index contributed by atoms with van der Waals surface area (Å²) in [5, 5.41) is 4.57. The molecule has 0 fully saturated rings. The average molecular weight is 308 g/mol. The lowest BCUT2D eigenvalue weighted by molar-refractivity contribution is 0.718. The fraction of sp³-hybridized carbons (Fsp3) is 0.357. The van der Waals surface area contributed by atoms with E-state index in [1.165, 1.54) is 22.4 Å². The summed E-state index contributed by atoms with van der Waals surface area (Å²) in [5.74, 6) is 0. The van der Waals surface area contributed by atoms with E-state index in [-0.39, 0.29) is 0 Å². The van der Waals surface area contributed by atoms with Crippen LogP contribution in [0.25, 0.3) is 11.1 Å². The molecular formula is C14H18BrN3. The molecule has 0 atom stereocenters. The van der Waals surface area contributed by atoms with Gasteiger partial charge in [0.15, 0.2) is 0 Å². The summed E-state index contributed by atoms with van der Waals surface area (Å²) in [4.78, 5) is 0. The first-order valence-corrected chi connectivity index (χ1v) is 6.83. The fourth-order valence-electron chi connectivity index (χ4n) is 2.20. The Balaban J connectivity index is 2.65. The van der Waals surface area contributed by atoms with Crippen LogP contribution in [0.4, 0.5) is 0 Å². The molecular weight excluding hydrogens is 290 g/mol. The molecule has 3 nitrogen and oxygen atoms in total. The van der Waals surface area contributed by atoms with E-state index in [0.717, 1.165) is 16.6 Å². The molecule has 4 heteroatoms. The van der Waals surface area contributed by atoms with Crippen LogP contribution in [0.2, 0.25) is 0 Å². The zero-order valence-corrected chi connectivity index (χ0v) is 12.6. The number of aryl methyl sites for hydroxylation is 2. The van der Waals surface area contributed by atoms with Gasteiger partial charge in [-0.15, -0.1) is 0 Å². The molecule has 1 heterocycles. The van der Waals surface area contributed by atoms with Crippen molar-refractivity contribution in [2.24, 2.45) is 12.8 Å². The molecule has 2 aromatic rings. The Hall–Kier alpha value is -1.13. The molecule has 0 aliphatic rings. The lowest BCUT2D eigenvalue weighted by Gasteiger charge is -2.08. The van der Waals surface area contributed by atoms with Crippen molar-refractivity contribution in [1.29, 1.82) is 0 Å². The highest BCUT2D eigenvalue weighted by atomic mass is 79.9. The molecule has 0 spiro atoms. The van der Waals surface area contributed by atoms with Crippen LogP contribution in [-0.4, -0.2) is 16.3 Å². The Labute approximate surface area is 116 Å². The molecule has 0 radical (unpaired) electrons. The van der Waals surface area contributed by atoms with E-state index in [4.69, 9.17) is 5.73 Å². The molecule has 96 valence electrons. The van der Waals surface area contributed by atoms with Gasteiger partial charge in [0.1, 0.15) is 0 Å². The number of nitrogens with two attached hydrogens (primary N) is 1. The maximum absolute atomic E-state index is 5.68. The zero-order chi connectivity index (χ0) is 13.3. The smallest absolute Gasteiger partial charge is 0.0718 e. The van der Waals surface area contributed by atoms with Gasteiger partial charge >= 0.3 is 0 Å². The van der Waals surface area contributed by atoms with Gasteiger partial charge < -0.3 is 5.73 Å². The minimum absolute atomic E-state index is 0.622. The Morgan fingerprint density at radius 1 is 1.33 bits per heavy atom. The normalized spacial score (nSPS) is 10.9. The van der Waals surface area contributed by atoms with Crippen LogP contribution in [0.5, 0.6) is 0 Å². The SMILES string of the molecule is Cc1ccc(Br)cc1-c1c(CCN)nn(C)c1C. The highest BCUT2D eigenvalue weighted by molar-refractivity contribution is 9.10. The number of hydrogen-bond donors (Lipinski definition) is 1. The molecule has 0 aliphatic carbocycles. The maximum Gasteiger partial charge on any atom is 0.0718 e. The molecule has 0 saturated carbocycles. The number of aromatic nitrogens is 2. The summed E-state index contributed by atoms with van der Waals surface area (Å²) in [7, 11) is 1.98. The first kappa shape index (κ1) is 13.3. The van der Waals surface area contributed by atoms with Gasteiger partial charge in [-0.1, -0.05) is 22.0 Å². The summed E-state index contributed by atoms with van der Waals surface area (Å²) in [6.07, 6.45) is 0.808. The van der Waals surface area contributed by atoms with Crippen LogP contribution in [0, 0.1) is 13.8 Å². The van der Waals surface area contributed by atoms with Crippen LogP contribution >= 0.6 is 15.9 Å². The van der Waals surface area contributed by atoms with Gasteiger partial charge in [-0.05, 0) is 43.7 Å². The van der Waals surface area contributed by atoms with Gasteiger partial charge in [-0.2, -0.15) is 5.10 Å². The van der Waals surface area contributed by atoms with Gasteiger partial charge in [-0.25, -0.2) is 0 Å². The Morgan fingerprint density at radius 2 is 2.06 bits per heavy atom. The van der Waals surface area contributed by atoms with E-state index in [9.17, 15) is 0 Å². The van der Waals surface area contributed by atoms with Crippen LogP contribution < -0.4 is 5.73 Å². The van der Waals surface area contributed by atoms with Gasteiger partial charge in [0.05, 0.1) is 5.69 Å². The summed E-state index contributed by atoms with van der Waals surface area (Å²) in [5.41, 5.74) is 11.7. The average Bonchev–Trinajstić information content (AvgIpc) is 2.59. The number of benzene rings is 1. The van der Waals surface area contributed by atoms with Crippen molar-refractivity contribution in [3.05, 3.63) is 39.6 Å². The van der Waals surface area contributed by atoms with Gasteiger partial charge in [0.25, 0.3) is 0 Å². The molecule has 1 aromatic heterocycles. The number of rotatable bonds is 3. The molecule has 0 aliphatic heterocycles. The van der Waals surface area contributed by atoms with E-state index < -0.39 is 0 Å². The Kier molecular flexibility index (Phi) is 3.88. The van der Waals surface area contributed by atoms with Crippen molar-refractivity contribution in [3.63, 3.8) is 0 Å². The van der Waals surface area contributed by atoms with Gasteiger partial charge in [-0.3, -0.25) is 4.68 Å². The van der Waals surface area contributed by atoms with Crippen molar-refractivity contribution in [1.82, 2.24) is 9.78 Å². The molecule has 0 amide bonds. The monoisotopic (exact) mass is 307 g/mol. The second-order valence-electron chi connectivity index (χ2n) is 4.53. The summed E-state index contributed by atoms with van der Waals surface area (Å²) in [6.45, 7) is 4.85. The van der Waals surface area contributed by atoms with Crippen LogP contribution in [0.1, 0.15) is 17.0 Å². The second kappa shape index (κ2) is 5.24. The molecule has 18 heavy (non-hydrogen) atoms. The minimum atomic E-state index is 0.622. The summed E-state index contributed by atoms with van der Waals surface area (Å²) < 4.78 is 3.02. The third kappa shape index (κ3) is 2.35. The van der Waals surface area contributed by atoms with E-state index in [1.54, 1.807) is 0 Å². The van der Waals surface area contributed by atoms with Gasteiger partial charge in [0, 0.05) is 29.2 Å². The molecule has 2 N–H and O–H groups in total. The number of halogens is 1. The number of hydrogen-bond acceptors (Lipinski definition) is 2. The van der Waals surface area contributed by atoms with Crippen molar-refractivity contribution in [2.75, 3.05) is 6.54 Å². The van der Waals surface area contributed by atoms with Crippen molar-refractivity contribution in [2.45, 2.75) is 20.3 Å². The van der Waals surface area contributed by atoms with E-state index >= 15 is 0 Å². The molecule has 0 bridgehead atoms. The third-order valence-electron chi connectivity index (χ3n) is 3.26. The third-order valence-corrected chi connectivity index (χ3v) is 3.75. The van der Waals surface area contributed by atoms with Crippen LogP contribution in [-0.2, 0) is 13.5 Å². The first-order chi connectivity index (χ1) is 8.54. The summed E-state index contributed by atoms with van der Waals surface area (Å²) in [6, 6.07) is 6.34. The van der Waals surface area contributed by atoms with Crippen LogP contribution in [0.15, 0.2) is 22.7 Å². The Bertz CT molecular complexity index is 573. The van der Waals surface area contributed by atoms with Crippen LogP contribution in [0.3, 0.4) is 0 Å². The highest BCUT2D eigenvalue weighted by Gasteiger charge is 2.16. The fourth-order valence-corrected chi connectivity index (χ4v) is 2.56. The minimum Gasteiger partial charge on any atom is -0.330 e. The lowest BCUT2D eigenvalue weighted by Crippen LogP contribution is -2.04. The standard InChI is InChI=1S/C14H18BrN3/c1-9-4-5-11(15)8-12(9)14-10(2)18(3)17-13(14)6-7-16/h4-5,8H,6-7,16H2,1-3H3. The Morgan fingerprint density at radius 3 is 2.72 bits per heavy atom. The number of nitrogens with zero attached hydrogens (tertiary/aromatic N) is 2. The van der Waals surface area contributed by atoms with Crippen molar-refractivity contribution in [3.8, 4) is 11.1 Å². The van der Waals surface area contributed by atoms with E-state index in [1.807, 2.05) is 11.7 Å². The van der Waals surface area contributed by atoms with E-state index in [0.29, 0.717) is 6.54 Å². The predicted molar refractivity (Wildman–Crippen MR) is 78.6 cm³/mol. The topological polar surface area (TPSA) is 43.8 Å². The van der Waals surface area contributed by atoms with Crippen molar-refractivity contribution < 1.29 is 0 Å². The molecule has 0 saturated heterocycles. The summed E-state index contributed by atoms with van der Waals surface area (Å²) >= 11 is 3.54. The zero-order valence-electron chi connectivity index (χ0n) is 11.0. The van der Waals surface area contributed by atoms with E-state index in [2.05, 4.69) is 53.1 Å².